The number of nitrogens with one attached hydrogen (secondary N) is 2. The summed E-state index contributed by atoms with van der Waals surface area (Å²) in [7, 11) is 0. The maximum Gasteiger partial charge on any atom is 0.308 e. The number of halogens is 1. The van der Waals surface area contributed by atoms with Crippen molar-refractivity contribution in [1.82, 2.24) is 5.43 Å². The third-order valence-electron chi connectivity index (χ3n) is 2.91. The summed E-state index contributed by atoms with van der Waals surface area (Å²) >= 11 is 2.14. The number of para-hydroxylation sites is 1. The molecule has 0 aliphatic rings. The number of hydrogen-bond donors (Lipinski definition) is 2. The van der Waals surface area contributed by atoms with Crippen molar-refractivity contribution >= 4 is 34.2 Å². The first kappa shape index (κ1) is 17.6. The molecule has 0 saturated heterocycles. The fourth-order valence-electron chi connectivity index (χ4n) is 2.00. The predicted molar refractivity (Wildman–Crippen MR) is 98.5 cm³/mol. The minimum absolute atomic E-state index is 0.361. The summed E-state index contributed by atoms with van der Waals surface area (Å²) in [6.45, 7) is 4.38. The van der Waals surface area contributed by atoms with Crippen LogP contribution in [0.5, 0.6) is 11.5 Å². The Morgan fingerprint density at radius 2 is 1.96 bits per heavy atom. The third-order valence-corrected chi connectivity index (χ3v) is 3.72. The van der Waals surface area contributed by atoms with E-state index in [0.29, 0.717) is 24.7 Å². The molecule has 0 amide bonds. The molecule has 0 heterocycles. The standard InChI is InChI=1S/C17H19IN2O3/c1-3-22-16-10-13(9-15(18)17(16)23-12(2)21)11-19-20-14-7-5-4-6-8-14/h4-10,19-20H,3,11H2,1-2H3. The summed E-state index contributed by atoms with van der Waals surface area (Å²) in [4.78, 5) is 11.2. The first-order valence-electron chi connectivity index (χ1n) is 7.27. The van der Waals surface area contributed by atoms with E-state index in [1.54, 1.807) is 0 Å². The number of carbonyl (C=O) groups excluding carboxylic acids is 1. The molecule has 0 radical (unpaired) electrons. The average Bonchev–Trinajstić information content (AvgIpc) is 2.52. The molecule has 0 aliphatic carbocycles. The molecule has 2 aromatic rings. The second kappa shape index (κ2) is 8.73. The molecule has 23 heavy (non-hydrogen) atoms. The zero-order chi connectivity index (χ0) is 16.7. The number of hydrazine groups is 1. The molecule has 0 spiro atoms. The molecular formula is C17H19IN2O3. The molecule has 0 aromatic heterocycles. The van der Waals surface area contributed by atoms with Crippen molar-refractivity contribution in [3.8, 4) is 11.5 Å². The predicted octanol–water partition coefficient (Wildman–Crippen LogP) is 3.73. The van der Waals surface area contributed by atoms with Gasteiger partial charge in [0.05, 0.1) is 10.2 Å². The van der Waals surface area contributed by atoms with E-state index in [-0.39, 0.29) is 5.97 Å². The van der Waals surface area contributed by atoms with Crippen LogP contribution in [0.3, 0.4) is 0 Å². The van der Waals surface area contributed by atoms with E-state index in [4.69, 9.17) is 9.47 Å². The van der Waals surface area contributed by atoms with E-state index in [0.717, 1.165) is 14.8 Å². The highest BCUT2D eigenvalue weighted by atomic mass is 127. The molecule has 0 unspecified atom stereocenters. The van der Waals surface area contributed by atoms with Gasteiger partial charge in [-0.1, -0.05) is 18.2 Å². The van der Waals surface area contributed by atoms with Crippen LogP contribution in [0.2, 0.25) is 0 Å². The van der Waals surface area contributed by atoms with Crippen LogP contribution >= 0.6 is 22.6 Å². The van der Waals surface area contributed by atoms with Crippen molar-refractivity contribution in [3.63, 3.8) is 0 Å². The molecule has 2 rings (SSSR count). The highest BCUT2D eigenvalue weighted by Gasteiger charge is 2.14. The summed E-state index contributed by atoms with van der Waals surface area (Å²) in [6.07, 6.45) is 0. The maximum atomic E-state index is 11.2. The summed E-state index contributed by atoms with van der Waals surface area (Å²) in [5, 5.41) is 0. The van der Waals surface area contributed by atoms with Crippen molar-refractivity contribution in [3.05, 3.63) is 51.6 Å². The smallest absolute Gasteiger partial charge is 0.308 e. The fraction of sp³-hybridized carbons (Fsp3) is 0.235. The quantitative estimate of drug-likeness (QED) is 0.306. The zero-order valence-electron chi connectivity index (χ0n) is 13.1. The molecule has 5 nitrogen and oxygen atoms in total. The van der Waals surface area contributed by atoms with E-state index in [9.17, 15) is 4.79 Å². The third kappa shape index (κ3) is 5.40. The van der Waals surface area contributed by atoms with Gasteiger partial charge in [0.15, 0.2) is 11.5 Å². The van der Waals surface area contributed by atoms with Gasteiger partial charge in [0, 0.05) is 19.2 Å². The first-order chi connectivity index (χ1) is 11.1. The summed E-state index contributed by atoms with van der Waals surface area (Å²) in [5.41, 5.74) is 8.31. The van der Waals surface area contributed by atoms with Crippen LogP contribution in [0.25, 0.3) is 0 Å². The van der Waals surface area contributed by atoms with Gasteiger partial charge in [0.1, 0.15) is 0 Å². The molecule has 0 aliphatic heterocycles. The maximum absolute atomic E-state index is 11.2. The van der Waals surface area contributed by atoms with E-state index in [2.05, 4.69) is 33.4 Å². The lowest BCUT2D eigenvalue weighted by molar-refractivity contribution is -0.132. The molecule has 2 N–H and O–H groups in total. The van der Waals surface area contributed by atoms with Gasteiger partial charge in [-0.2, -0.15) is 0 Å². The van der Waals surface area contributed by atoms with Crippen LogP contribution < -0.4 is 20.3 Å². The van der Waals surface area contributed by atoms with Gasteiger partial charge in [0.25, 0.3) is 0 Å². The van der Waals surface area contributed by atoms with E-state index in [1.165, 1.54) is 6.92 Å². The Kier molecular flexibility index (Phi) is 6.66. The van der Waals surface area contributed by atoms with Gasteiger partial charge in [-0.25, -0.2) is 5.43 Å². The topological polar surface area (TPSA) is 59.6 Å². The number of benzene rings is 2. The number of esters is 1. The molecule has 2 aromatic carbocycles. The van der Waals surface area contributed by atoms with Gasteiger partial charge in [-0.05, 0) is 59.3 Å². The Labute approximate surface area is 149 Å². The molecule has 0 atom stereocenters. The Balaban J connectivity index is 2.08. The van der Waals surface area contributed by atoms with Crippen molar-refractivity contribution in [2.75, 3.05) is 12.0 Å². The van der Waals surface area contributed by atoms with E-state index >= 15 is 0 Å². The Morgan fingerprint density at radius 1 is 1.22 bits per heavy atom. The molecule has 122 valence electrons. The van der Waals surface area contributed by atoms with E-state index in [1.807, 2.05) is 49.4 Å². The average molecular weight is 426 g/mol. The van der Waals surface area contributed by atoms with Gasteiger partial charge >= 0.3 is 5.97 Å². The molecular weight excluding hydrogens is 407 g/mol. The monoisotopic (exact) mass is 426 g/mol. The van der Waals surface area contributed by atoms with E-state index < -0.39 is 0 Å². The number of carbonyl (C=O) groups is 1. The van der Waals surface area contributed by atoms with Crippen LogP contribution in [0.4, 0.5) is 5.69 Å². The van der Waals surface area contributed by atoms with Crippen LogP contribution in [-0.4, -0.2) is 12.6 Å². The first-order valence-corrected chi connectivity index (χ1v) is 8.35. The van der Waals surface area contributed by atoms with Gasteiger partial charge in [-0.3, -0.25) is 4.79 Å². The largest absolute Gasteiger partial charge is 0.490 e. The van der Waals surface area contributed by atoms with Crippen LogP contribution in [0, 0.1) is 3.57 Å². The van der Waals surface area contributed by atoms with Crippen molar-refractivity contribution in [2.45, 2.75) is 20.4 Å². The molecule has 0 fully saturated rings. The fourth-order valence-corrected chi connectivity index (χ4v) is 2.77. The highest BCUT2D eigenvalue weighted by Crippen LogP contribution is 2.34. The summed E-state index contributed by atoms with van der Waals surface area (Å²) in [6, 6.07) is 13.7. The Morgan fingerprint density at radius 3 is 2.61 bits per heavy atom. The number of ether oxygens (including phenoxy) is 2. The van der Waals surface area contributed by atoms with Crippen LogP contribution in [0.1, 0.15) is 19.4 Å². The number of hydrogen-bond acceptors (Lipinski definition) is 5. The second-order valence-electron chi connectivity index (χ2n) is 4.78. The van der Waals surface area contributed by atoms with Crippen molar-refractivity contribution < 1.29 is 14.3 Å². The lowest BCUT2D eigenvalue weighted by Gasteiger charge is -2.14. The molecule has 0 bridgehead atoms. The second-order valence-corrected chi connectivity index (χ2v) is 5.94. The van der Waals surface area contributed by atoms with Crippen molar-refractivity contribution in [1.29, 1.82) is 0 Å². The minimum atomic E-state index is -0.361. The van der Waals surface area contributed by atoms with Crippen LogP contribution in [0.15, 0.2) is 42.5 Å². The minimum Gasteiger partial charge on any atom is -0.490 e. The van der Waals surface area contributed by atoms with Gasteiger partial charge < -0.3 is 14.9 Å². The zero-order valence-corrected chi connectivity index (χ0v) is 15.2. The lowest BCUT2D eigenvalue weighted by atomic mass is 10.2. The number of anilines is 1. The molecule has 0 saturated carbocycles. The molecule has 6 heteroatoms. The number of rotatable bonds is 7. The van der Waals surface area contributed by atoms with Crippen LogP contribution in [-0.2, 0) is 11.3 Å². The Hall–Kier alpha value is -1.80. The normalized spacial score (nSPS) is 10.2. The SMILES string of the molecule is CCOc1cc(CNNc2ccccc2)cc(I)c1OC(C)=O. The van der Waals surface area contributed by atoms with Gasteiger partial charge in [-0.15, -0.1) is 0 Å². The lowest BCUT2D eigenvalue weighted by Crippen LogP contribution is -2.21. The summed E-state index contributed by atoms with van der Waals surface area (Å²) in [5.74, 6) is 0.686. The Bertz CT molecular complexity index is 662. The van der Waals surface area contributed by atoms with Crippen molar-refractivity contribution in [2.24, 2.45) is 0 Å². The van der Waals surface area contributed by atoms with Gasteiger partial charge in [0.2, 0.25) is 0 Å². The summed E-state index contributed by atoms with van der Waals surface area (Å²) < 4.78 is 11.7. The highest BCUT2D eigenvalue weighted by molar-refractivity contribution is 14.1.